The van der Waals surface area contributed by atoms with Crippen LogP contribution in [0.4, 0.5) is 0 Å². The van der Waals surface area contributed by atoms with Crippen LogP contribution in [0.1, 0.15) is 19.8 Å². The Bertz CT molecular complexity index is 66.9. The summed E-state index contributed by atoms with van der Waals surface area (Å²) >= 11 is 3.55. The Hall–Kier alpha value is 0.440. The zero-order valence-corrected chi connectivity index (χ0v) is 6.65. The summed E-state index contributed by atoms with van der Waals surface area (Å²) in [4.78, 5) is 0.700. The molecule has 0 aliphatic carbocycles. The SMILES string of the molecule is CC1CC(Br)CCO1. The molecule has 2 unspecified atom stereocenters. The Labute approximate surface area is 58.5 Å². The quantitative estimate of drug-likeness (QED) is 0.516. The van der Waals surface area contributed by atoms with E-state index in [2.05, 4.69) is 22.9 Å². The van der Waals surface area contributed by atoms with Crippen LogP contribution in [0.25, 0.3) is 0 Å². The molecule has 1 heterocycles. The van der Waals surface area contributed by atoms with Crippen LogP contribution in [0.2, 0.25) is 0 Å². The molecule has 0 N–H and O–H groups in total. The maximum atomic E-state index is 5.32. The summed E-state index contributed by atoms with van der Waals surface area (Å²) in [5.74, 6) is 0. The second-order valence-corrected chi connectivity index (χ2v) is 3.60. The van der Waals surface area contributed by atoms with Crippen molar-refractivity contribution in [1.82, 2.24) is 0 Å². The first-order valence-corrected chi connectivity index (χ1v) is 3.96. The fourth-order valence-electron chi connectivity index (χ4n) is 0.943. The van der Waals surface area contributed by atoms with Gasteiger partial charge in [0.25, 0.3) is 0 Å². The minimum absolute atomic E-state index is 0.466. The Morgan fingerprint density at radius 2 is 2.38 bits per heavy atom. The zero-order valence-electron chi connectivity index (χ0n) is 5.06. The van der Waals surface area contributed by atoms with Crippen molar-refractivity contribution < 1.29 is 4.74 Å². The van der Waals surface area contributed by atoms with Crippen LogP contribution in [0, 0.1) is 0 Å². The first-order valence-electron chi connectivity index (χ1n) is 3.04. The lowest BCUT2D eigenvalue weighted by atomic mass is 10.1. The van der Waals surface area contributed by atoms with Gasteiger partial charge in [0.1, 0.15) is 0 Å². The van der Waals surface area contributed by atoms with Crippen molar-refractivity contribution in [2.75, 3.05) is 6.61 Å². The van der Waals surface area contributed by atoms with E-state index in [9.17, 15) is 0 Å². The van der Waals surface area contributed by atoms with Crippen LogP contribution >= 0.6 is 15.9 Å². The van der Waals surface area contributed by atoms with Crippen molar-refractivity contribution in [2.24, 2.45) is 0 Å². The molecule has 0 spiro atoms. The van der Waals surface area contributed by atoms with E-state index >= 15 is 0 Å². The highest BCUT2D eigenvalue weighted by atomic mass is 79.9. The van der Waals surface area contributed by atoms with Gasteiger partial charge >= 0.3 is 0 Å². The van der Waals surface area contributed by atoms with E-state index in [1.165, 1.54) is 12.8 Å². The van der Waals surface area contributed by atoms with Crippen molar-refractivity contribution in [2.45, 2.75) is 30.7 Å². The van der Waals surface area contributed by atoms with Crippen LogP contribution in [0.15, 0.2) is 0 Å². The van der Waals surface area contributed by atoms with Gasteiger partial charge in [0, 0.05) is 11.4 Å². The molecule has 1 saturated heterocycles. The Morgan fingerprint density at radius 3 is 2.75 bits per heavy atom. The van der Waals surface area contributed by atoms with Gasteiger partial charge in [-0.1, -0.05) is 15.9 Å². The average molecular weight is 179 g/mol. The van der Waals surface area contributed by atoms with E-state index in [0.717, 1.165) is 6.61 Å². The molecule has 0 aromatic carbocycles. The molecule has 2 heteroatoms. The van der Waals surface area contributed by atoms with E-state index < -0.39 is 0 Å². The first-order chi connectivity index (χ1) is 3.79. The van der Waals surface area contributed by atoms with E-state index in [-0.39, 0.29) is 0 Å². The van der Waals surface area contributed by atoms with Crippen LogP contribution in [-0.4, -0.2) is 17.5 Å². The number of ether oxygens (including phenoxy) is 1. The molecule has 0 saturated carbocycles. The maximum absolute atomic E-state index is 5.32. The standard InChI is InChI=1S/C6H11BrO/c1-5-4-6(7)2-3-8-5/h5-6H,2-4H2,1H3. The van der Waals surface area contributed by atoms with Gasteiger partial charge in [0.05, 0.1) is 6.10 Å². The van der Waals surface area contributed by atoms with Gasteiger partial charge in [0.2, 0.25) is 0 Å². The molecule has 1 fully saturated rings. The van der Waals surface area contributed by atoms with Crippen LogP contribution in [0.3, 0.4) is 0 Å². The van der Waals surface area contributed by atoms with Crippen LogP contribution in [0.5, 0.6) is 0 Å². The monoisotopic (exact) mass is 178 g/mol. The Kier molecular flexibility index (Phi) is 2.32. The predicted octanol–water partition coefficient (Wildman–Crippen LogP) is 1.95. The summed E-state index contributed by atoms with van der Waals surface area (Å²) in [6.07, 6.45) is 2.80. The second-order valence-electron chi connectivity index (χ2n) is 2.30. The fourth-order valence-corrected chi connectivity index (χ4v) is 1.66. The molecule has 2 atom stereocenters. The van der Waals surface area contributed by atoms with Crippen molar-refractivity contribution >= 4 is 15.9 Å². The van der Waals surface area contributed by atoms with Gasteiger partial charge in [-0.3, -0.25) is 0 Å². The summed E-state index contributed by atoms with van der Waals surface area (Å²) in [6, 6.07) is 0. The summed E-state index contributed by atoms with van der Waals surface area (Å²) in [5.41, 5.74) is 0. The minimum atomic E-state index is 0.466. The molecule has 1 aliphatic heterocycles. The summed E-state index contributed by atoms with van der Waals surface area (Å²) in [5, 5.41) is 0. The lowest BCUT2D eigenvalue weighted by molar-refractivity contribution is 0.0323. The van der Waals surface area contributed by atoms with Gasteiger partial charge < -0.3 is 4.74 Å². The number of rotatable bonds is 0. The van der Waals surface area contributed by atoms with Crippen LogP contribution < -0.4 is 0 Å². The smallest absolute Gasteiger partial charge is 0.0557 e. The van der Waals surface area contributed by atoms with Crippen molar-refractivity contribution in [3.63, 3.8) is 0 Å². The number of alkyl halides is 1. The lowest BCUT2D eigenvalue weighted by Crippen LogP contribution is -2.22. The van der Waals surface area contributed by atoms with E-state index in [4.69, 9.17) is 4.74 Å². The molecule has 0 aromatic rings. The molecule has 1 rings (SSSR count). The Balaban J connectivity index is 2.23. The molecule has 1 nitrogen and oxygen atoms in total. The molecule has 8 heavy (non-hydrogen) atoms. The highest BCUT2D eigenvalue weighted by Crippen LogP contribution is 2.19. The van der Waals surface area contributed by atoms with Gasteiger partial charge in [-0.2, -0.15) is 0 Å². The predicted molar refractivity (Wildman–Crippen MR) is 37.4 cm³/mol. The van der Waals surface area contributed by atoms with Crippen molar-refractivity contribution in [3.8, 4) is 0 Å². The fraction of sp³-hybridized carbons (Fsp3) is 1.00. The topological polar surface area (TPSA) is 9.23 Å². The van der Waals surface area contributed by atoms with E-state index in [1.54, 1.807) is 0 Å². The molecule has 0 amide bonds. The summed E-state index contributed by atoms with van der Waals surface area (Å²) in [6.45, 7) is 3.05. The van der Waals surface area contributed by atoms with Gasteiger partial charge in [-0.25, -0.2) is 0 Å². The molecular weight excluding hydrogens is 168 g/mol. The lowest BCUT2D eigenvalue weighted by Gasteiger charge is -2.22. The largest absolute Gasteiger partial charge is 0.378 e. The summed E-state index contributed by atoms with van der Waals surface area (Å²) < 4.78 is 5.32. The Morgan fingerprint density at radius 1 is 1.62 bits per heavy atom. The number of hydrogen-bond acceptors (Lipinski definition) is 1. The molecule has 0 bridgehead atoms. The molecule has 0 radical (unpaired) electrons. The maximum Gasteiger partial charge on any atom is 0.0557 e. The van der Waals surface area contributed by atoms with E-state index in [0.29, 0.717) is 10.9 Å². The molecule has 1 aliphatic rings. The highest BCUT2D eigenvalue weighted by molar-refractivity contribution is 9.09. The normalized spacial score (nSPS) is 39.8. The van der Waals surface area contributed by atoms with Gasteiger partial charge in [-0.15, -0.1) is 0 Å². The van der Waals surface area contributed by atoms with Gasteiger partial charge in [-0.05, 0) is 19.8 Å². The molecular formula is C6H11BrO. The third-order valence-electron chi connectivity index (χ3n) is 1.42. The zero-order chi connectivity index (χ0) is 5.98. The van der Waals surface area contributed by atoms with Crippen molar-refractivity contribution in [3.05, 3.63) is 0 Å². The number of hydrogen-bond donors (Lipinski definition) is 0. The second kappa shape index (κ2) is 2.83. The average Bonchev–Trinajstić information content (AvgIpc) is 1.64. The summed E-state index contributed by atoms with van der Waals surface area (Å²) in [7, 11) is 0. The number of halogens is 1. The molecule has 48 valence electrons. The van der Waals surface area contributed by atoms with Crippen molar-refractivity contribution in [1.29, 1.82) is 0 Å². The van der Waals surface area contributed by atoms with Gasteiger partial charge in [0.15, 0.2) is 0 Å². The highest BCUT2D eigenvalue weighted by Gasteiger charge is 2.15. The minimum Gasteiger partial charge on any atom is -0.378 e. The third-order valence-corrected chi connectivity index (χ3v) is 2.25. The third kappa shape index (κ3) is 1.75. The molecule has 0 aromatic heterocycles. The van der Waals surface area contributed by atoms with Crippen LogP contribution in [-0.2, 0) is 4.74 Å². The first kappa shape index (κ1) is 6.56. The van der Waals surface area contributed by atoms with E-state index in [1.807, 2.05) is 0 Å².